The summed E-state index contributed by atoms with van der Waals surface area (Å²) in [4.78, 5) is 0. The molecule has 0 radical (unpaired) electrons. The molecule has 60 valence electrons. The second-order valence-corrected chi connectivity index (χ2v) is 2.51. The lowest BCUT2D eigenvalue weighted by Crippen LogP contribution is -1.96. The standard InChI is InChI=1S/C8H8OS.ClH/c1-6-4-2-3-5-7(6)8(9)10;/h2-5H,1H3,(H,9,10);1H. The lowest BCUT2D eigenvalue weighted by Gasteiger charge is -1.99. The van der Waals surface area contributed by atoms with Gasteiger partial charge < -0.3 is 5.11 Å². The molecule has 0 saturated carbocycles. The minimum Gasteiger partial charge on any atom is -0.499 e. The Morgan fingerprint density at radius 3 is 2.27 bits per heavy atom. The van der Waals surface area contributed by atoms with Crippen molar-refractivity contribution < 1.29 is 5.11 Å². The van der Waals surface area contributed by atoms with E-state index in [1.807, 2.05) is 25.1 Å². The third-order valence-electron chi connectivity index (χ3n) is 1.38. The Labute approximate surface area is 77.5 Å². The Morgan fingerprint density at radius 2 is 1.91 bits per heavy atom. The van der Waals surface area contributed by atoms with Gasteiger partial charge in [-0.25, -0.2) is 0 Å². The molecule has 1 aromatic rings. The SMILES string of the molecule is Cc1ccccc1C(O)=S.Cl. The molecule has 0 atom stereocenters. The van der Waals surface area contributed by atoms with E-state index < -0.39 is 0 Å². The van der Waals surface area contributed by atoms with Crippen molar-refractivity contribution in [2.75, 3.05) is 0 Å². The molecular weight excluding hydrogens is 180 g/mol. The second-order valence-electron chi connectivity index (χ2n) is 2.12. The maximum absolute atomic E-state index is 8.94. The highest BCUT2D eigenvalue weighted by molar-refractivity contribution is 7.80. The zero-order valence-electron chi connectivity index (χ0n) is 6.07. The van der Waals surface area contributed by atoms with Crippen molar-refractivity contribution in [1.82, 2.24) is 0 Å². The number of hydrogen-bond donors (Lipinski definition) is 1. The molecule has 0 amide bonds. The van der Waals surface area contributed by atoms with Crippen molar-refractivity contribution in [2.24, 2.45) is 0 Å². The molecule has 1 N–H and O–H groups in total. The summed E-state index contributed by atoms with van der Waals surface area (Å²) in [5, 5.41) is 8.91. The molecule has 0 bridgehead atoms. The molecule has 3 heteroatoms. The number of aryl methyl sites for hydroxylation is 1. The summed E-state index contributed by atoms with van der Waals surface area (Å²) in [6, 6.07) is 7.48. The normalized spacial score (nSPS) is 8.45. The van der Waals surface area contributed by atoms with Crippen LogP contribution in [0.4, 0.5) is 0 Å². The van der Waals surface area contributed by atoms with Crippen LogP contribution in [0, 0.1) is 6.92 Å². The van der Waals surface area contributed by atoms with Gasteiger partial charge in [-0.1, -0.05) is 24.3 Å². The minimum absolute atomic E-state index is 0. The van der Waals surface area contributed by atoms with Crippen molar-refractivity contribution >= 4 is 29.7 Å². The number of thiocarbonyl (C=S) groups is 1. The van der Waals surface area contributed by atoms with Crippen LogP contribution in [0.5, 0.6) is 0 Å². The van der Waals surface area contributed by atoms with Gasteiger partial charge in [-0.05, 0) is 24.7 Å². The fraction of sp³-hybridized carbons (Fsp3) is 0.125. The molecule has 0 fully saturated rings. The number of aliphatic hydroxyl groups excluding tert-OH is 1. The number of aliphatic hydroxyl groups is 1. The van der Waals surface area contributed by atoms with Crippen molar-refractivity contribution in [3.05, 3.63) is 35.4 Å². The van der Waals surface area contributed by atoms with Crippen LogP contribution in [-0.2, 0) is 0 Å². The molecule has 1 nitrogen and oxygen atoms in total. The van der Waals surface area contributed by atoms with Gasteiger partial charge in [0.15, 0.2) is 5.05 Å². The molecule has 0 spiro atoms. The van der Waals surface area contributed by atoms with Crippen molar-refractivity contribution in [1.29, 1.82) is 0 Å². The molecule has 0 aliphatic carbocycles. The maximum atomic E-state index is 8.94. The summed E-state index contributed by atoms with van der Waals surface area (Å²) in [5.74, 6) is 0. The predicted molar refractivity (Wildman–Crippen MR) is 52.8 cm³/mol. The quantitative estimate of drug-likeness (QED) is 0.684. The Bertz CT molecular complexity index is 260. The lowest BCUT2D eigenvalue weighted by atomic mass is 10.1. The first kappa shape index (κ1) is 10.4. The molecule has 1 aromatic carbocycles. The van der Waals surface area contributed by atoms with Crippen molar-refractivity contribution in [2.45, 2.75) is 6.92 Å². The van der Waals surface area contributed by atoms with Crippen LogP contribution in [0.2, 0.25) is 0 Å². The molecule has 0 aliphatic rings. The van der Waals surface area contributed by atoms with Crippen LogP contribution in [0.15, 0.2) is 24.3 Å². The molecule has 0 aromatic heterocycles. The Hall–Kier alpha value is -0.600. The Morgan fingerprint density at radius 1 is 1.36 bits per heavy atom. The molecule has 0 aliphatic heterocycles. The molecule has 0 unspecified atom stereocenters. The first-order valence-electron chi connectivity index (χ1n) is 3.01. The van der Waals surface area contributed by atoms with E-state index in [-0.39, 0.29) is 17.5 Å². The van der Waals surface area contributed by atoms with Gasteiger partial charge in [0.25, 0.3) is 0 Å². The van der Waals surface area contributed by atoms with Crippen LogP contribution in [0.25, 0.3) is 0 Å². The van der Waals surface area contributed by atoms with Gasteiger partial charge in [-0.2, -0.15) is 0 Å². The number of halogens is 1. The second kappa shape index (κ2) is 4.31. The average molecular weight is 189 g/mol. The number of hydrogen-bond acceptors (Lipinski definition) is 1. The van der Waals surface area contributed by atoms with Gasteiger partial charge in [0.2, 0.25) is 0 Å². The molecule has 0 saturated heterocycles. The van der Waals surface area contributed by atoms with E-state index >= 15 is 0 Å². The third-order valence-corrected chi connectivity index (χ3v) is 1.60. The monoisotopic (exact) mass is 188 g/mol. The van der Waals surface area contributed by atoms with E-state index in [4.69, 9.17) is 5.11 Å². The Kier molecular flexibility index (Phi) is 4.08. The van der Waals surface area contributed by atoms with E-state index in [1.54, 1.807) is 6.07 Å². The highest BCUT2D eigenvalue weighted by Crippen LogP contribution is 2.06. The largest absolute Gasteiger partial charge is 0.499 e. The minimum atomic E-state index is -0.0295. The fourth-order valence-electron chi connectivity index (χ4n) is 0.813. The van der Waals surface area contributed by atoms with E-state index in [0.29, 0.717) is 0 Å². The van der Waals surface area contributed by atoms with E-state index in [0.717, 1.165) is 11.1 Å². The lowest BCUT2D eigenvalue weighted by molar-refractivity contribution is 0.570. The van der Waals surface area contributed by atoms with Gasteiger partial charge in [0, 0.05) is 5.56 Å². The number of benzene rings is 1. The highest BCUT2D eigenvalue weighted by atomic mass is 35.5. The van der Waals surface area contributed by atoms with Gasteiger partial charge in [0.05, 0.1) is 0 Å². The Balaban J connectivity index is 0.000001000. The van der Waals surface area contributed by atoms with Gasteiger partial charge in [0.1, 0.15) is 0 Å². The van der Waals surface area contributed by atoms with Gasteiger partial charge >= 0.3 is 0 Å². The van der Waals surface area contributed by atoms with Gasteiger partial charge in [-0.3, -0.25) is 0 Å². The van der Waals surface area contributed by atoms with Crippen LogP contribution < -0.4 is 0 Å². The van der Waals surface area contributed by atoms with Crippen molar-refractivity contribution in [3.63, 3.8) is 0 Å². The summed E-state index contributed by atoms with van der Waals surface area (Å²) in [6.07, 6.45) is 0. The summed E-state index contributed by atoms with van der Waals surface area (Å²) < 4.78 is 0. The zero-order valence-corrected chi connectivity index (χ0v) is 7.71. The van der Waals surface area contributed by atoms with E-state index in [2.05, 4.69) is 12.2 Å². The molecule has 11 heavy (non-hydrogen) atoms. The van der Waals surface area contributed by atoms with Gasteiger partial charge in [-0.15, -0.1) is 12.4 Å². The van der Waals surface area contributed by atoms with Crippen LogP contribution in [0.3, 0.4) is 0 Å². The molecule has 0 heterocycles. The average Bonchev–Trinajstić information content (AvgIpc) is 1.88. The summed E-state index contributed by atoms with van der Waals surface area (Å²) in [6.45, 7) is 1.91. The van der Waals surface area contributed by atoms with Crippen molar-refractivity contribution in [3.8, 4) is 0 Å². The predicted octanol–water partition coefficient (Wildman–Crippen LogP) is 2.65. The van der Waals surface area contributed by atoms with E-state index in [1.165, 1.54) is 0 Å². The summed E-state index contributed by atoms with van der Waals surface area (Å²) in [5.41, 5.74) is 1.76. The summed E-state index contributed by atoms with van der Waals surface area (Å²) >= 11 is 4.61. The highest BCUT2D eigenvalue weighted by Gasteiger charge is 1.98. The van der Waals surface area contributed by atoms with Crippen LogP contribution in [0.1, 0.15) is 11.1 Å². The first-order chi connectivity index (χ1) is 4.72. The fourth-order valence-corrected chi connectivity index (χ4v) is 1.04. The smallest absolute Gasteiger partial charge is 0.188 e. The first-order valence-corrected chi connectivity index (χ1v) is 3.41. The zero-order chi connectivity index (χ0) is 7.56. The van der Waals surface area contributed by atoms with Crippen LogP contribution >= 0.6 is 24.6 Å². The molecular formula is C8H9ClOS. The van der Waals surface area contributed by atoms with Crippen LogP contribution in [-0.4, -0.2) is 10.2 Å². The topological polar surface area (TPSA) is 20.2 Å². The van der Waals surface area contributed by atoms with E-state index in [9.17, 15) is 0 Å². The molecule has 1 rings (SSSR count). The third kappa shape index (κ3) is 2.48. The number of rotatable bonds is 1. The summed E-state index contributed by atoms with van der Waals surface area (Å²) in [7, 11) is 0. The maximum Gasteiger partial charge on any atom is 0.188 e.